The summed E-state index contributed by atoms with van der Waals surface area (Å²) in [5.41, 5.74) is 1.95. The molecule has 0 radical (unpaired) electrons. The number of hydrogen-bond donors (Lipinski definition) is 2. The molecule has 0 fully saturated rings. The van der Waals surface area contributed by atoms with Crippen molar-refractivity contribution in [2.75, 3.05) is 5.32 Å². The van der Waals surface area contributed by atoms with Gasteiger partial charge in [0.1, 0.15) is 0 Å². The highest BCUT2D eigenvalue weighted by Crippen LogP contribution is 2.22. The van der Waals surface area contributed by atoms with Crippen molar-refractivity contribution < 1.29 is 9.59 Å². The van der Waals surface area contributed by atoms with Crippen LogP contribution in [-0.2, 0) is 11.3 Å². The van der Waals surface area contributed by atoms with Gasteiger partial charge in [0.25, 0.3) is 5.91 Å². The van der Waals surface area contributed by atoms with Crippen LogP contribution in [0.15, 0.2) is 42.5 Å². The average Bonchev–Trinajstić information content (AvgIpc) is 2.44. The van der Waals surface area contributed by atoms with E-state index < -0.39 is 0 Å². The van der Waals surface area contributed by atoms with Gasteiger partial charge in [-0.2, -0.15) is 0 Å². The summed E-state index contributed by atoms with van der Waals surface area (Å²) >= 11 is 11.8. The third-order valence-electron chi connectivity index (χ3n) is 2.88. The van der Waals surface area contributed by atoms with E-state index in [2.05, 4.69) is 10.6 Å². The van der Waals surface area contributed by atoms with Crippen LogP contribution in [0.2, 0.25) is 10.0 Å². The van der Waals surface area contributed by atoms with E-state index in [1.165, 1.54) is 6.92 Å². The molecule has 0 aliphatic heterocycles. The van der Waals surface area contributed by atoms with Crippen LogP contribution in [0.4, 0.5) is 5.69 Å². The highest BCUT2D eigenvalue weighted by molar-refractivity contribution is 6.35. The Bertz CT molecular complexity index is 680. The molecule has 0 bridgehead atoms. The van der Waals surface area contributed by atoms with Gasteiger partial charge in [0, 0.05) is 34.8 Å². The SMILES string of the molecule is CC(=O)NCc1ccc(C(=O)Nc2cc(Cl)cc(Cl)c2)cc1. The largest absolute Gasteiger partial charge is 0.352 e. The molecule has 4 nitrogen and oxygen atoms in total. The quantitative estimate of drug-likeness (QED) is 0.889. The van der Waals surface area contributed by atoms with Crippen LogP contribution in [0.5, 0.6) is 0 Å². The second-order valence-electron chi connectivity index (χ2n) is 4.72. The minimum atomic E-state index is -0.260. The molecule has 0 aromatic heterocycles. The molecule has 0 spiro atoms. The molecule has 0 atom stereocenters. The second kappa shape index (κ2) is 7.29. The predicted octanol–water partition coefficient (Wildman–Crippen LogP) is 3.88. The molecule has 0 unspecified atom stereocenters. The average molecular weight is 337 g/mol. The normalized spacial score (nSPS) is 10.1. The van der Waals surface area contributed by atoms with Gasteiger partial charge in [-0.25, -0.2) is 0 Å². The van der Waals surface area contributed by atoms with Crippen molar-refractivity contribution in [1.29, 1.82) is 0 Å². The lowest BCUT2D eigenvalue weighted by atomic mass is 10.1. The van der Waals surface area contributed by atoms with Gasteiger partial charge in [-0.05, 0) is 35.9 Å². The monoisotopic (exact) mass is 336 g/mol. The Morgan fingerprint density at radius 1 is 1.00 bits per heavy atom. The first-order valence-electron chi connectivity index (χ1n) is 6.55. The topological polar surface area (TPSA) is 58.2 Å². The molecule has 2 aromatic rings. The first-order chi connectivity index (χ1) is 10.4. The van der Waals surface area contributed by atoms with Crippen LogP contribution in [0.3, 0.4) is 0 Å². The molecule has 0 saturated heterocycles. The Kier molecular flexibility index (Phi) is 5.41. The standard InChI is InChI=1S/C16H14Cl2N2O2/c1-10(21)19-9-11-2-4-12(5-3-11)16(22)20-15-7-13(17)6-14(18)8-15/h2-8H,9H2,1H3,(H,19,21)(H,20,22). The minimum Gasteiger partial charge on any atom is -0.352 e. The second-order valence-corrected chi connectivity index (χ2v) is 5.59. The zero-order chi connectivity index (χ0) is 16.1. The van der Waals surface area contributed by atoms with Crippen LogP contribution in [0, 0.1) is 0 Å². The number of carbonyl (C=O) groups is 2. The Morgan fingerprint density at radius 3 is 2.14 bits per heavy atom. The van der Waals surface area contributed by atoms with E-state index >= 15 is 0 Å². The molecule has 6 heteroatoms. The maximum absolute atomic E-state index is 12.1. The summed E-state index contributed by atoms with van der Waals surface area (Å²) in [5, 5.41) is 6.33. The maximum atomic E-state index is 12.1. The summed E-state index contributed by atoms with van der Waals surface area (Å²) < 4.78 is 0. The van der Waals surface area contributed by atoms with Crippen LogP contribution in [0.1, 0.15) is 22.8 Å². The van der Waals surface area contributed by atoms with Crippen molar-refractivity contribution in [2.24, 2.45) is 0 Å². The Balaban J connectivity index is 2.04. The van der Waals surface area contributed by atoms with Gasteiger partial charge in [0.2, 0.25) is 5.91 Å². The van der Waals surface area contributed by atoms with E-state index in [0.717, 1.165) is 5.56 Å². The van der Waals surface area contributed by atoms with Gasteiger partial charge >= 0.3 is 0 Å². The Morgan fingerprint density at radius 2 is 1.59 bits per heavy atom. The lowest BCUT2D eigenvalue weighted by molar-refractivity contribution is -0.119. The minimum absolute atomic E-state index is 0.0975. The lowest BCUT2D eigenvalue weighted by Crippen LogP contribution is -2.19. The molecule has 22 heavy (non-hydrogen) atoms. The summed E-state index contributed by atoms with van der Waals surface area (Å²) in [4.78, 5) is 23.0. The van der Waals surface area contributed by atoms with Gasteiger partial charge < -0.3 is 10.6 Å². The first kappa shape index (κ1) is 16.3. The molecule has 0 aliphatic rings. The summed E-state index contributed by atoms with van der Waals surface area (Å²) in [7, 11) is 0. The summed E-state index contributed by atoms with van der Waals surface area (Å²) in [6.45, 7) is 1.89. The van der Waals surface area contributed by atoms with E-state index in [-0.39, 0.29) is 11.8 Å². The zero-order valence-corrected chi connectivity index (χ0v) is 13.3. The third-order valence-corrected chi connectivity index (χ3v) is 3.31. The maximum Gasteiger partial charge on any atom is 0.255 e. The van der Waals surface area contributed by atoms with Crippen molar-refractivity contribution in [3.05, 3.63) is 63.6 Å². The Hall–Kier alpha value is -2.04. The smallest absolute Gasteiger partial charge is 0.255 e. The van der Waals surface area contributed by atoms with E-state index in [1.807, 2.05) is 0 Å². The third kappa shape index (κ3) is 4.76. The number of amides is 2. The van der Waals surface area contributed by atoms with E-state index in [1.54, 1.807) is 42.5 Å². The highest BCUT2D eigenvalue weighted by Gasteiger charge is 2.07. The molecule has 114 valence electrons. The van der Waals surface area contributed by atoms with Crippen molar-refractivity contribution >= 4 is 40.7 Å². The predicted molar refractivity (Wildman–Crippen MR) is 88.4 cm³/mol. The van der Waals surface area contributed by atoms with Gasteiger partial charge in [0.15, 0.2) is 0 Å². The molecular weight excluding hydrogens is 323 g/mol. The van der Waals surface area contributed by atoms with Gasteiger partial charge in [-0.1, -0.05) is 35.3 Å². The molecule has 0 heterocycles. The van der Waals surface area contributed by atoms with Crippen molar-refractivity contribution in [3.63, 3.8) is 0 Å². The molecular formula is C16H14Cl2N2O2. The zero-order valence-electron chi connectivity index (χ0n) is 11.8. The molecule has 2 rings (SSSR count). The number of nitrogens with one attached hydrogen (secondary N) is 2. The first-order valence-corrected chi connectivity index (χ1v) is 7.30. The van der Waals surface area contributed by atoms with E-state index in [0.29, 0.717) is 27.8 Å². The summed E-state index contributed by atoms with van der Waals surface area (Å²) in [6.07, 6.45) is 0. The van der Waals surface area contributed by atoms with Gasteiger partial charge in [-0.15, -0.1) is 0 Å². The van der Waals surface area contributed by atoms with Crippen molar-refractivity contribution in [3.8, 4) is 0 Å². The number of halogens is 2. The Labute approximate surface area is 138 Å². The highest BCUT2D eigenvalue weighted by atomic mass is 35.5. The molecule has 0 aliphatic carbocycles. The van der Waals surface area contributed by atoms with Crippen LogP contribution >= 0.6 is 23.2 Å². The fraction of sp³-hybridized carbons (Fsp3) is 0.125. The number of rotatable bonds is 4. The van der Waals surface area contributed by atoms with Crippen LogP contribution in [0.25, 0.3) is 0 Å². The molecule has 2 aromatic carbocycles. The summed E-state index contributed by atoms with van der Waals surface area (Å²) in [5.74, 6) is -0.357. The van der Waals surface area contributed by atoms with E-state index in [4.69, 9.17) is 23.2 Å². The van der Waals surface area contributed by atoms with Gasteiger partial charge in [-0.3, -0.25) is 9.59 Å². The van der Waals surface area contributed by atoms with Crippen molar-refractivity contribution in [2.45, 2.75) is 13.5 Å². The molecule has 2 N–H and O–H groups in total. The van der Waals surface area contributed by atoms with Crippen LogP contribution in [-0.4, -0.2) is 11.8 Å². The number of benzene rings is 2. The fourth-order valence-corrected chi connectivity index (χ4v) is 2.36. The number of anilines is 1. The van der Waals surface area contributed by atoms with Crippen molar-refractivity contribution in [1.82, 2.24) is 5.32 Å². The molecule has 2 amide bonds. The van der Waals surface area contributed by atoms with E-state index in [9.17, 15) is 9.59 Å². The summed E-state index contributed by atoms with van der Waals surface area (Å²) in [6, 6.07) is 11.8. The molecule has 0 saturated carbocycles. The number of carbonyl (C=O) groups excluding carboxylic acids is 2. The van der Waals surface area contributed by atoms with Crippen LogP contribution < -0.4 is 10.6 Å². The number of hydrogen-bond acceptors (Lipinski definition) is 2. The fourth-order valence-electron chi connectivity index (χ4n) is 1.83. The lowest BCUT2D eigenvalue weighted by Gasteiger charge is -2.07. The van der Waals surface area contributed by atoms with Gasteiger partial charge in [0.05, 0.1) is 0 Å².